The molecule has 0 spiro atoms. The lowest BCUT2D eigenvalue weighted by Gasteiger charge is -2.30. The summed E-state index contributed by atoms with van der Waals surface area (Å²) in [6, 6.07) is 11.7. The third kappa shape index (κ3) is 3.72. The molecule has 1 heterocycles. The van der Waals surface area contributed by atoms with Gasteiger partial charge in [0, 0.05) is 17.9 Å². The molecule has 1 saturated carbocycles. The summed E-state index contributed by atoms with van der Waals surface area (Å²) in [7, 11) is 0. The van der Waals surface area contributed by atoms with Crippen LogP contribution in [0, 0.1) is 6.57 Å². The molecule has 23 heavy (non-hydrogen) atoms. The van der Waals surface area contributed by atoms with E-state index in [4.69, 9.17) is 17.0 Å². The van der Waals surface area contributed by atoms with Crippen LogP contribution in [0.3, 0.4) is 0 Å². The van der Waals surface area contributed by atoms with Crippen molar-refractivity contribution < 1.29 is 4.74 Å². The monoisotopic (exact) mass is 308 g/mol. The van der Waals surface area contributed by atoms with E-state index in [1.807, 2.05) is 30.3 Å². The molecule has 0 aliphatic heterocycles. The number of rotatable bonds is 4. The van der Waals surface area contributed by atoms with Crippen molar-refractivity contribution in [3.63, 3.8) is 0 Å². The molecule has 5 nitrogen and oxygen atoms in total. The molecule has 1 aromatic carbocycles. The van der Waals surface area contributed by atoms with Crippen molar-refractivity contribution in [2.75, 3.05) is 11.1 Å². The van der Waals surface area contributed by atoms with Crippen LogP contribution in [0.2, 0.25) is 0 Å². The Balaban J connectivity index is 1.56. The van der Waals surface area contributed by atoms with Gasteiger partial charge in [0.2, 0.25) is 5.69 Å². The van der Waals surface area contributed by atoms with E-state index in [9.17, 15) is 0 Å². The van der Waals surface area contributed by atoms with Crippen LogP contribution in [0.25, 0.3) is 4.85 Å². The second kappa shape index (κ2) is 7.01. The molecule has 0 unspecified atom stereocenters. The fourth-order valence-corrected chi connectivity index (χ4v) is 2.92. The molecular weight excluding hydrogens is 288 g/mol. The van der Waals surface area contributed by atoms with Gasteiger partial charge in [0.15, 0.2) is 0 Å². The summed E-state index contributed by atoms with van der Waals surface area (Å²) in [5.41, 5.74) is 6.73. The molecule has 0 atom stereocenters. The summed E-state index contributed by atoms with van der Waals surface area (Å²) >= 11 is 0. The number of nitrogens with one attached hydrogen (secondary N) is 1. The lowest BCUT2D eigenvalue weighted by molar-refractivity contribution is 0.151. The highest BCUT2D eigenvalue weighted by Crippen LogP contribution is 2.36. The zero-order valence-electron chi connectivity index (χ0n) is 12.9. The van der Waals surface area contributed by atoms with Gasteiger partial charge in [0.05, 0.1) is 12.7 Å². The number of pyridine rings is 1. The first kappa shape index (κ1) is 15.2. The first-order chi connectivity index (χ1) is 11.3. The van der Waals surface area contributed by atoms with E-state index in [1.165, 1.54) is 0 Å². The van der Waals surface area contributed by atoms with E-state index in [2.05, 4.69) is 15.1 Å². The lowest BCUT2D eigenvalue weighted by Crippen LogP contribution is -2.31. The highest BCUT2D eigenvalue weighted by molar-refractivity contribution is 5.74. The van der Waals surface area contributed by atoms with Gasteiger partial charge >= 0.3 is 0 Å². The zero-order valence-corrected chi connectivity index (χ0v) is 12.9. The average molecular weight is 308 g/mol. The summed E-state index contributed by atoms with van der Waals surface area (Å²) in [4.78, 5) is 7.79. The number of nitrogen functional groups attached to an aromatic ring is 1. The Morgan fingerprint density at radius 3 is 2.65 bits per heavy atom. The number of hydrogen-bond acceptors (Lipinski definition) is 4. The molecule has 1 aliphatic carbocycles. The number of nitrogens with two attached hydrogens (primary N) is 1. The van der Waals surface area contributed by atoms with Crippen molar-refractivity contribution >= 4 is 17.2 Å². The molecule has 0 bridgehead atoms. The predicted octanol–water partition coefficient (Wildman–Crippen LogP) is 4.02. The SMILES string of the molecule is [C-]#[N+]c1c(N)cccc1OC1CCC(Nc2ccccn2)CC1. The van der Waals surface area contributed by atoms with Crippen LogP contribution in [-0.4, -0.2) is 17.1 Å². The standard InChI is InChI=1S/C18H20N4O/c1-20-18-15(19)5-4-6-16(18)23-14-10-8-13(9-11-14)22-17-7-2-3-12-21-17/h2-7,12-14H,8-11,19H2,(H,21,22). The van der Waals surface area contributed by atoms with Crippen LogP contribution in [0.5, 0.6) is 5.75 Å². The fourth-order valence-electron chi connectivity index (χ4n) is 2.92. The van der Waals surface area contributed by atoms with Gasteiger partial charge in [-0.05, 0) is 49.9 Å². The summed E-state index contributed by atoms with van der Waals surface area (Å²) in [6.45, 7) is 7.25. The van der Waals surface area contributed by atoms with E-state index in [0.29, 0.717) is 23.2 Å². The topological polar surface area (TPSA) is 64.5 Å². The van der Waals surface area contributed by atoms with E-state index in [0.717, 1.165) is 31.5 Å². The van der Waals surface area contributed by atoms with Gasteiger partial charge in [0.1, 0.15) is 11.6 Å². The predicted molar refractivity (Wildman–Crippen MR) is 91.6 cm³/mol. The highest BCUT2D eigenvalue weighted by Gasteiger charge is 2.23. The lowest BCUT2D eigenvalue weighted by atomic mass is 9.93. The maximum Gasteiger partial charge on any atom is 0.250 e. The third-order valence-corrected chi connectivity index (χ3v) is 4.13. The molecule has 3 rings (SSSR count). The molecule has 1 aliphatic rings. The van der Waals surface area contributed by atoms with E-state index in [-0.39, 0.29) is 6.10 Å². The number of hydrogen-bond donors (Lipinski definition) is 2. The van der Waals surface area contributed by atoms with Crippen molar-refractivity contribution in [2.24, 2.45) is 0 Å². The third-order valence-electron chi connectivity index (χ3n) is 4.13. The van der Waals surface area contributed by atoms with Crippen LogP contribution in [0.15, 0.2) is 42.6 Å². The van der Waals surface area contributed by atoms with E-state index >= 15 is 0 Å². The highest BCUT2D eigenvalue weighted by atomic mass is 16.5. The minimum atomic E-state index is 0.138. The van der Waals surface area contributed by atoms with Gasteiger partial charge in [-0.2, -0.15) is 0 Å². The van der Waals surface area contributed by atoms with E-state index < -0.39 is 0 Å². The molecule has 0 saturated heterocycles. The quantitative estimate of drug-likeness (QED) is 0.661. The van der Waals surface area contributed by atoms with Crippen molar-refractivity contribution in [2.45, 2.75) is 37.8 Å². The van der Waals surface area contributed by atoms with Crippen LogP contribution >= 0.6 is 0 Å². The second-order valence-corrected chi connectivity index (χ2v) is 5.76. The molecule has 1 fully saturated rings. The van der Waals surface area contributed by atoms with Gasteiger partial charge in [-0.1, -0.05) is 12.1 Å². The van der Waals surface area contributed by atoms with Crippen LogP contribution in [0.1, 0.15) is 25.7 Å². The van der Waals surface area contributed by atoms with Crippen molar-refractivity contribution in [3.05, 3.63) is 54.0 Å². The van der Waals surface area contributed by atoms with Crippen LogP contribution in [0.4, 0.5) is 17.2 Å². The Morgan fingerprint density at radius 1 is 1.13 bits per heavy atom. The molecule has 1 aromatic heterocycles. The average Bonchev–Trinajstić information content (AvgIpc) is 2.58. The zero-order chi connectivity index (χ0) is 16.1. The van der Waals surface area contributed by atoms with Crippen LogP contribution < -0.4 is 15.8 Å². The molecule has 0 radical (unpaired) electrons. The minimum absolute atomic E-state index is 0.138. The van der Waals surface area contributed by atoms with E-state index in [1.54, 1.807) is 12.3 Å². The summed E-state index contributed by atoms with van der Waals surface area (Å²) < 4.78 is 6.02. The molecule has 118 valence electrons. The molecular formula is C18H20N4O. The maximum atomic E-state index is 7.25. The molecule has 2 aromatic rings. The Bertz CT molecular complexity index is 688. The number of nitrogens with zero attached hydrogens (tertiary/aromatic N) is 2. The summed E-state index contributed by atoms with van der Waals surface area (Å²) in [5.74, 6) is 1.52. The van der Waals surface area contributed by atoms with Gasteiger partial charge in [0.25, 0.3) is 0 Å². The Morgan fingerprint density at radius 2 is 1.96 bits per heavy atom. The largest absolute Gasteiger partial charge is 0.501 e. The number of anilines is 2. The number of ether oxygens (including phenoxy) is 1. The smallest absolute Gasteiger partial charge is 0.250 e. The normalized spacial score (nSPS) is 20.5. The van der Waals surface area contributed by atoms with Gasteiger partial charge in [-0.3, -0.25) is 0 Å². The Labute approximate surface area is 136 Å². The number of benzene rings is 1. The van der Waals surface area contributed by atoms with Crippen molar-refractivity contribution in [1.29, 1.82) is 0 Å². The molecule has 3 N–H and O–H groups in total. The molecule has 0 amide bonds. The van der Waals surface area contributed by atoms with Gasteiger partial charge in [-0.25, -0.2) is 9.83 Å². The fraction of sp³-hybridized carbons (Fsp3) is 0.333. The summed E-state index contributed by atoms with van der Waals surface area (Å²) in [5, 5.41) is 3.46. The Kier molecular flexibility index (Phi) is 4.62. The van der Waals surface area contributed by atoms with Crippen LogP contribution in [-0.2, 0) is 0 Å². The van der Waals surface area contributed by atoms with Crippen molar-refractivity contribution in [3.8, 4) is 5.75 Å². The molecule has 5 heteroatoms. The number of para-hydroxylation sites is 1. The van der Waals surface area contributed by atoms with Crippen molar-refractivity contribution in [1.82, 2.24) is 4.98 Å². The van der Waals surface area contributed by atoms with Gasteiger partial charge < -0.3 is 15.8 Å². The first-order valence-corrected chi connectivity index (χ1v) is 7.86. The Hall–Kier alpha value is -2.74. The number of aromatic nitrogens is 1. The first-order valence-electron chi connectivity index (χ1n) is 7.86. The minimum Gasteiger partial charge on any atom is -0.501 e. The summed E-state index contributed by atoms with van der Waals surface area (Å²) in [6.07, 6.45) is 5.89. The maximum absolute atomic E-state index is 7.25. The second-order valence-electron chi connectivity index (χ2n) is 5.76. The van der Waals surface area contributed by atoms with Gasteiger partial charge in [-0.15, -0.1) is 0 Å².